The van der Waals surface area contributed by atoms with Crippen LogP contribution >= 0.6 is 11.8 Å². The Kier molecular flexibility index (Phi) is 7.08. The number of nitrogens with zero attached hydrogens (tertiary/aromatic N) is 4. The van der Waals surface area contributed by atoms with E-state index in [1.165, 1.54) is 16.7 Å². The van der Waals surface area contributed by atoms with Gasteiger partial charge in [-0.25, -0.2) is 4.99 Å². The van der Waals surface area contributed by atoms with E-state index >= 15 is 0 Å². The van der Waals surface area contributed by atoms with Gasteiger partial charge in [0.15, 0.2) is 5.17 Å². The number of amidine groups is 1. The van der Waals surface area contributed by atoms with E-state index in [-0.39, 0.29) is 18.2 Å². The second-order valence-corrected chi connectivity index (χ2v) is 9.04. The fraction of sp³-hybridized carbons (Fsp3) is 0.375. The van der Waals surface area contributed by atoms with Crippen LogP contribution in [-0.2, 0) is 9.59 Å². The minimum absolute atomic E-state index is 0.00161. The van der Waals surface area contributed by atoms with E-state index in [0.717, 1.165) is 30.3 Å². The van der Waals surface area contributed by atoms with Crippen LogP contribution in [0.5, 0.6) is 11.5 Å². The molecule has 1 atom stereocenters. The Labute approximate surface area is 198 Å². The van der Waals surface area contributed by atoms with Crippen LogP contribution < -0.4 is 14.4 Å². The van der Waals surface area contributed by atoms with Crippen LogP contribution in [-0.4, -0.2) is 79.5 Å². The molecular weight excluding hydrogens is 440 g/mol. The predicted octanol–water partition coefficient (Wildman–Crippen LogP) is 3.00. The normalized spacial score (nSPS) is 20.2. The van der Waals surface area contributed by atoms with E-state index in [1.54, 1.807) is 21.3 Å². The number of hydrogen-bond donors (Lipinski definition) is 0. The van der Waals surface area contributed by atoms with Gasteiger partial charge in [-0.1, -0.05) is 11.8 Å². The summed E-state index contributed by atoms with van der Waals surface area (Å²) in [6.45, 7) is 2.74. The van der Waals surface area contributed by atoms with Crippen LogP contribution in [0.3, 0.4) is 0 Å². The molecule has 33 heavy (non-hydrogen) atoms. The van der Waals surface area contributed by atoms with Crippen molar-refractivity contribution in [1.29, 1.82) is 0 Å². The number of rotatable bonds is 5. The van der Waals surface area contributed by atoms with Gasteiger partial charge in [0, 0.05) is 45.3 Å². The molecule has 0 spiro atoms. The molecule has 2 aromatic rings. The SMILES string of the molecule is COc1ccc(N=C2SC(C(=O)N3CCN(c4ccc(OC)cc4)CC3)CC(=O)N2C)cc1. The summed E-state index contributed by atoms with van der Waals surface area (Å²) in [7, 11) is 4.96. The molecule has 2 saturated heterocycles. The van der Waals surface area contributed by atoms with Gasteiger partial charge in [0.1, 0.15) is 16.7 Å². The van der Waals surface area contributed by atoms with E-state index in [0.29, 0.717) is 23.9 Å². The molecule has 1 unspecified atom stereocenters. The molecule has 2 heterocycles. The first-order valence-corrected chi connectivity index (χ1v) is 11.7. The Morgan fingerprint density at radius 1 is 0.939 bits per heavy atom. The van der Waals surface area contributed by atoms with Gasteiger partial charge >= 0.3 is 0 Å². The first-order valence-electron chi connectivity index (χ1n) is 10.8. The van der Waals surface area contributed by atoms with Gasteiger partial charge in [0.25, 0.3) is 0 Å². The van der Waals surface area contributed by atoms with Crippen molar-refractivity contribution in [2.24, 2.45) is 4.99 Å². The Hall–Kier alpha value is -3.20. The minimum atomic E-state index is -0.460. The summed E-state index contributed by atoms with van der Waals surface area (Å²) in [5, 5.41) is 0.0740. The number of amides is 2. The van der Waals surface area contributed by atoms with Crippen LogP contribution in [0.1, 0.15) is 6.42 Å². The van der Waals surface area contributed by atoms with Crippen molar-refractivity contribution in [3.05, 3.63) is 48.5 Å². The van der Waals surface area contributed by atoms with E-state index in [2.05, 4.69) is 9.89 Å². The molecule has 2 amide bonds. The number of methoxy groups -OCH3 is 2. The van der Waals surface area contributed by atoms with Crippen molar-refractivity contribution < 1.29 is 19.1 Å². The zero-order chi connectivity index (χ0) is 23.4. The average Bonchev–Trinajstić information content (AvgIpc) is 2.87. The average molecular weight is 469 g/mol. The number of thioether (sulfide) groups is 1. The highest BCUT2D eigenvalue weighted by atomic mass is 32.2. The Morgan fingerprint density at radius 3 is 2.09 bits per heavy atom. The molecule has 0 N–H and O–H groups in total. The lowest BCUT2D eigenvalue weighted by Crippen LogP contribution is -2.53. The van der Waals surface area contributed by atoms with Crippen LogP contribution in [0.15, 0.2) is 53.5 Å². The van der Waals surface area contributed by atoms with Gasteiger partial charge < -0.3 is 19.3 Å². The first-order chi connectivity index (χ1) is 16.0. The quantitative estimate of drug-likeness (QED) is 0.672. The topological polar surface area (TPSA) is 74.7 Å². The molecule has 2 aromatic carbocycles. The van der Waals surface area contributed by atoms with Crippen molar-refractivity contribution in [3.8, 4) is 11.5 Å². The molecule has 0 aliphatic carbocycles. The van der Waals surface area contributed by atoms with Crippen LogP contribution in [0, 0.1) is 0 Å². The number of anilines is 1. The van der Waals surface area contributed by atoms with Gasteiger partial charge in [0.2, 0.25) is 11.8 Å². The molecule has 2 aliphatic heterocycles. The first kappa shape index (κ1) is 23.0. The summed E-state index contributed by atoms with van der Waals surface area (Å²) in [4.78, 5) is 36.1. The molecular formula is C24H28N4O4S. The summed E-state index contributed by atoms with van der Waals surface area (Å²) >= 11 is 1.36. The molecule has 2 fully saturated rings. The molecule has 0 radical (unpaired) electrons. The van der Waals surface area contributed by atoms with E-state index in [9.17, 15) is 9.59 Å². The van der Waals surface area contributed by atoms with Crippen molar-refractivity contribution in [2.45, 2.75) is 11.7 Å². The van der Waals surface area contributed by atoms with Gasteiger partial charge in [-0.2, -0.15) is 0 Å². The molecule has 0 aromatic heterocycles. The summed E-state index contributed by atoms with van der Waals surface area (Å²) in [5.74, 6) is 1.46. The lowest BCUT2D eigenvalue weighted by Gasteiger charge is -2.38. The zero-order valence-electron chi connectivity index (χ0n) is 19.1. The summed E-state index contributed by atoms with van der Waals surface area (Å²) in [5.41, 5.74) is 1.82. The smallest absolute Gasteiger partial charge is 0.236 e. The molecule has 0 bridgehead atoms. The van der Waals surface area contributed by atoms with Crippen molar-refractivity contribution in [2.75, 3.05) is 52.3 Å². The number of hydrogen-bond acceptors (Lipinski definition) is 7. The maximum absolute atomic E-state index is 13.2. The molecule has 174 valence electrons. The Morgan fingerprint density at radius 2 is 1.52 bits per heavy atom. The number of carbonyl (C=O) groups excluding carboxylic acids is 2. The highest BCUT2D eigenvalue weighted by molar-refractivity contribution is 8.15. The third-order valence-corrected chi connectivity index (χ3v) is 7.10. The predicted molar refractivity (Wildman–Crippen MR) is 131 cm³/mol. The van der Waals surface area contributed by atoms with Gasteiger partial charge in [-0.3, -0.25) is 14.5 Å². The zero-order valence-corrected chi connectivity index (χ0v) is 19.9. The van der Waals surface area contributed by atoms with Crippen molar-refractivity contribution in [3.63, 3.8) is 0 Å². The fourth-order valence-electron chi connectivity index (χ4n) is 3.84. The van der Waals surface area contributed by atoms with Gasteiger partial charge in [-0.15, -0.1) is 0 Å². The number of benzene rings is 2. The summed E-state index contributed by atoms with van der Waals surface area (Å²) in [6.07, 6.45) is 0.181. The highest BCUT2D eigenvalue weighted by Gasteiger charge is 2.37. The number of aliphatic imine (C=N–C) groups is 1. The lowest BCUT2D eigenvalue weighted by atomic mass is 10.2. The maximum Gasteiger partial charge on any atom is 0.236 e. The number of piperazine rings is 1. The molecule has 9 heteroatoms. The van der Waals surface area contributed by atoms with Gasteiger partial charge in [0.05, 0.1) is 19.9 Å². The number of ether oxygens (including phenoxy) is 2. The minimum Gasteiger partial charge on any atom is -0.497 e. The molecule has 8 nitrogen and oxygen atoms in total. The standard InChI is InChI=1S/C24H28N4O4S/c1-26-22(29)16-21(33-24(26)25-17-4-8-19(31-2)9-5-17)23(30)28-14-12-27(13-15-28)18-6-10-20(32-3)11-7-18/h4-11,21H,12-16H2,1-3H3. The summed E-state index contributed by atoms with van der Waals surface area (Å²) < 4.78 is 10.4. The highest BCUT2D eigenvalue weighted by Crippen LogP contribution is 2.30. The monoisotopic (exact) mass is 468 g/mol. The number of carbonyl (C=O) groups is 2. The second kappa shape index (κ2) is 10.2. The molecule has 4 rings (SSSR count). The third kappa shape index (κ3) is 5.24. The van der Waals surface area contributed by atoms with E-state index in [1.807, 2.05) is 53.4 Å². The van der Waals surface area contributed by atoms with E-state index < -0.39 is 5.25 Å². The van der Waals surface area contributed by atoms with E-state index in [4.69, 9.17) is 9.47 Å². The lowest BCUT2D eigenvalue weighted by molar-refractivity contribution is -0.134. The van der Waals surface area contributed by atoms with Crippen LogP contribution in [0.2, 0.25) is 0 Å². The Bertz CT molecular complexity index is 1020. The third-order valence-electron chi connectivity index (χ3n) is 5.87. The van der Waals surface area contributed by atoms with Crippen LogP contribution in [0.4, 0.5) is 11.4 Å². The van der Waals surface area contributed by atoms with Crippen molar-refractivity contribution in [1.82, 2.24) is 9.80 Å². The van der Waals surface area contributed by atoms with Crippen molar-refractivity contribution >= 4 is 40.1 Å². The maximum atomic E-state index is 13.2. The Balaban J connectivity index is 1.40. The summed E-state index contributed by atoms with van der Waals surface area (Å²) in [6, 6.07) is 15.2. The molecule has 2 aliphatic rings. The molecule has 0 saturated carbocycles. The fourth-order valence-corrected chi connectivity index (χ4v) is 4.99. The second-order valence-electron chi connectivity index (χ2n) is 7.87. The largest absolute Gasteiger partial charge is 0.497 e. The van der Waals surface area contributed by atoms with Crippen LogP contribution in [0.25, 0.3) is 0 Å². The van der Waals surface area contributed by atoms with Gasteiger partial charge in [-0.05, 0) is 48.5 Å².